The summed E-state index contributed by atoms with van der Waals surface area (Å²) in [5.41, 5.74) is 0.417. The maximum atomic E-state index is 12.3. The predicted octanol–water partition coefficient (Wildman–Crippen LogP) is 4.32. The van der Waals surface area contributed by atoms with Crippen molar-refractivity contribution < 1.29 is 27.8 Å². The Labute approximate surface area is 157 Å². The third-order valence-corrected chi connectivity index (χ3v) is 3.83. The number of rotatable bonds is 7. The summed E-state index contributed by atoms with van der Waals surface area (Å²) in [5, 5.41) is 2.94. The monoisotopic (exact) mass is 403 g/mol. The van der Waals surface area contributed by atoms with Gasteiger partial charge in [-0.3, -0.25) is 9.59 Å². The van der Waals surface area contributed by atoms with Crippen LogP contribution in [-0.4, -0.2) is 25.1 Å². The maximum Gasteiger partial charge on any atom is 0.387 e. The van der Waals surface area contributed by atoms with Crippen molar-refractivity contribution >= 4 is 40.8 Å². The van der Waals surface area contributed by atoms with E-state index in [0.29, 0.717) is 15.6 Å². The van der Waals surface area contributed by atoms with Crippen molar-refractivity contribution in [3.63, 3.8) is 0 Å². The highest BCUT2D eigenvalue weighted by atomic mass is 35.5. The van der Waals surface area contributed by atoms with E-state index in [9.17, 15) is 18.4 Å². The van der Waals surface area contributed by atoms with Crippen molar-refractivity contribution in [2.75, 3.05) is 11.9 Å². The molecule has 2 aromatic rings. The predicted molar refractivity (Wildman–Crippen MR) is 92.8 cm³/mol. The topological polar surface area (TPSA) is 64.6 Å². The van der Waals surface area contributed by atoms with Gasteiger partial charge in [-0.15, -0.1) is 0 Å². The Hall–Kier alpha value is -2.38. The summed E-state index contributed by atoms with van der Waals surface area (Å²) in [6.45, 7) is -3.64. The van der Waals surface area contributed by atoms with E-state index in [1.165, 1.54) is 24.3 Å². The van der Waals surface area contributed by atoms with Gasteiger partial charge in [-0.25, -0.2) is 0 Å². The standard InChI is InChI=1S/C17H13Cl2F2NO4/c18-11-4-3-5-12(19)10(11)8-16(24)25-9-15(23)22-13-6-1-2-7-14(13)26-17(20)21/h1-7,17H,8-9H2,(H,22,23). The van der Waals surface area contributed by atoms with Gasteiger partial charge in [0.2, 0.25) is 0 Å². The number of anilines is 1. The lowest BCUT2D eigenvalue weighted by Crippen LogP contribution is -2.22. The Morgan fingerprint density at radius 1 is 1.04 bits per heavy atom. The van der Waals surface area contributed by atoms with Crippen molar-refractivity contribution in [1.29, 1.82) is 0 Å². The second-order valence-electron chi connectivity index (χ2n) is 4.96. The van der Waals surface area contributed by atoms with Crippen LogP contribution in [0.25, 0.3) is 0 Å². The molecular formula is C17H13Cl2F2NO4. The van der Waals surface area contributed by atoms with Crippen LogP contribution in [-0.2, 0) is 20.7 Å². The lowest BCUT2D eigenvalue weighted by molar-refractivity contribution is -0.146. The second-order valence-corrected chi connectivity index (χ2v) is 5.77. The molecule has 1 N–H and O–H groups in total. The Morgan fingerprint density at radius 2 is 1.69 bits per heavy atom. The van der Waals surface area contributed by atoms with Crippen LogP contribution in [0.3, 0.4) is 0 Å². The van der Waals surface area contributed by atoms with Crippen LogP contribution in [0, 0.1) is 0 Å². The van der Waals surface area contributed by atoms with Gasteiger partial charge in [0.05, 0.1) is 12.1 Å². The number of benzene rings is 2. The molecule has 2 aromatic carbocycles. The summed E-state index contributed by atoms with van der Waals surface area (Å²) in [7, 11) is 0. The average molecular weight is 404 g/mol. The van der Waals surface area contributed by atoms with Gasteiger partial charge < -0.3 is 14.8 Å². The molecule has 0 aliphatic carbocycles. The molecule has 0 saturated carbocycles. The molecule has 9 heteroatoms. The largest absolute Gasteiger partial charge is 0.455 e. The van der Waals surface area contributed by atoms with E-state index < -0.39 is 25.1 Å². The molecule has 0 bridgehead atoms. The third-order valence-electron chi connectivity index (χ3n) is 3.12. The highest BCUT2D eigenvalue weighted by Gasteiger charge is 2.15. The molecule has 0 atom stereocenters. The Kier molecular flexibility index (Phi) is 7.17. The van der Waals surface area contributed by atoms with Gasteiger partial charge in [-0.1, -0.05) is 41.4 Å². The van der Waals surface area contributed by atoms with Crippen LogP contribution in [0.2, 0.25) is 10.0 Å². The van der Waals surface area contributed by atoms with Gasteiger partial charge in [0.1, 0.15) is 5.75 Å². The van der Waals surface area contributed by atoms with E-state index in [0.717, 1.165) is 0 Å². The number of esters is 1. The lowest BCUT2D eigenvalue weighted by atomic mass is 10.1. The summed E-state index contributed by atoms with van der Waals surface area (Å²) in [4.78, 5) is 23.7. The van der Waals surface area contributed by atoms with Crippen molar-refractivity contribution in [3.8, 4) is 5.75 Å². The highest BCUT2D eigenvalue weighted by molar-refractivity contribution is 6.36. The fraction of sp³-hybridized carbons (Fsp3) is 0.176. The molecule has 0 unspecified atom stereocenters. The average Bonchev–Trinajstić information content (AvgIpc) is 2.58. The van der Waals surface area contributed by atoms with E-state index in [2.05, 4.69) is 10.1 Å². The zero-order valence-corrected chi connectivity index (χ0v) is 14.7. The molecular weight excluding hydrogens is 391 g/mol. The number of carbonyl (C=O) groups excluding carboxylic acids is 2. The van der Waals surface area contributed by atoms with Gasteiger partial charge in [0.25, 0.3) is 5.91 Å². The quantitative estimate of drug-likeness (QED) is 0.699. The molecule has 26 heavy (non-hydrogen) atoms. The normalized spacial score (nSPS) is 10.5. The van der Waals surface area contributed by atoms with Crippen LogP contribution in [0.15, 0.2) is 42.5 Å². The van der Waals surface area contributed by atoms with Crippen molar-refractivity contribution in [1.82, 2.24) is 0 Å². The molecule has 0 aliphatic rings. The molecule has 0 radical (unpaired) electrons. The number of amides is 1. The van der Waals surface area contributed by atoms with E-state index in [1.54, 1.807) is 18.2 Å². The molecule has 5 nitrogen and oxygen atoms in total. The van der Waals surface area contributed by atoms with E-state index in [4.69, 9.17) is 27.9 Å². The third kappa shape index (κ3) is 5.86. The molecule has 0 saturated heterocycles. The van der Waals surface area contributed by atoms with Crippen LogP contribution < -0.4 is 10.1 Å². The van der Waals surface area contributed by atoms with Gasteiger partial charge in [0, 0.05) is 15.6 Å². The minimum absolute atomic E-state index is 0.0306. The summed E-state index contributed by atoms with van der Waals surface area (Å²) in [5.74, 6) is -1.63. The van der Waals surface area contributed by atoms with E-state index in [1.807, 2.05) is 0 Å². The van der Waals surface area contributed by atoms with E-state index in [-0.39, 0.29) is 17.9 Å². The number of nitrogens with one attached hydrogen (secondary N) is 1. The first kappa shape index (κ1) is 19.9. The summed E-state index contributed by atoms with van der Waals surface area (Å²) in [6, 6.07) is 10.4. The van der Waals surface area contributed by atoms with Crippen molar-refractivity contribution in [2.45, 2.75) is 13.0 Å². The SMILES string of the molecule is O=C(COC(=O)Cc1c(Cl)cccc1Cl)Nc1ccccc1OC(F)F. The molecule has 0 aromatic heterocycles. The summed E-state index contributed by atoms with van der Waals surface area (Å²) in [6.07, 6.45) is -0.211. The number of carbonyl (C=O) groups is 2. The number of hydrogen-bond acceptors (Lipinski definition) is 4. The number of ether oxygens (including phenoxy) is 2. The molecule has 0 fully saturated rings. The first-order valence-corrected chi connectivity index (χ1v) is 8.04. The van der Waals surface area contributed by atoms with Crippen LogP contribution >= 0.6 is 23.2 Å². The molecule has 1 amide bonds. The second kappa shape index (κ2) is 9.35. The van der Waals surface area contributed by atoms with Gasteiger partial charge >= 0.3 is 12.6 Å². The maximum absolute atomic E-state index is 12.3. The van der Waals surface area contributed by atoms with Crippen LogP contribution in [0.1, 0.15) is 5.56 Å². The molecule has 0 aliphatic heterocycles. The van der Waals surface area contributed by atoms with E-state index >= 15 is 0 Å². The number of alkyl halides is 2. The highest BCUT2D eigenvalue weighted by Crippen LogP contribution is 2.26. The van der Waals surface area contributed by atoms with Gasteiger partial charge in [-0.2, -0.15) is 8.78 Å². The van der Waals surface area contributed by atoms with Gasteiger partial charge in [0.15, 0.2) is 6.61 Å². The first-order chi connectivity index (χ1) is 12.4. The van der Waals surface area contributed by atoms with Crippen molar-refractivity contribution in [3.05, 3.63) is 58.1 Å². The molecule has 0 heterocycles. The van der Waals surface area contributed by atoms with Crippen molar-refractivity contribution in [2.24, 2.45) is 0 Å². The molecule has 0 spiro atoms. The van der Waals surface area contributed by atoms with Crippen LogP contribution in [0.5, 0.6) is 5.75 Å². The molecule has 2 rings (SSSR count). The van der Waals surface area contributed by atoms with Gasteiger partial charge in [-0.05, 0) is 24.3 Å². The Balaban J connectivity index is 1.90. The first-order valence-electron chi connectivity index (χ1n) is 7.29. The minimum atomic E-state index is -3.04. The lowest BCUT2D eigenvalue weighted by Gasteiger charge is -2.12. The molecule has 138 valence electrons. The fourth-order valence-electron chi connectivity index (χ4n) is 2.00. The summed E-state index contributed by atoms with van der Waals surface area (Å²) < 4.78 is 33.8. The minimum Gasteiger partial charge on any atom is -0.455 e. The smallest absolute Gasteiger partial charge is 0.387 e. The Bertz CT molecular complexity index is 782. The number of halogens is 4. The number of hydrogen-bond donors (Lipinski definition) is 1. The fourth-order valence-corrected chi connectivity index (χ4v) is 2.53. The van der Waals surface area contributed by atoms with Crippen LogP contribution in [0.4, 0.5) is 14.5 Å². The summed E-state index contributed by atoms with van der Waals surface area (Å²) >= 11 is 11.9. The Morgan fingerprint density at radius 3 is 2.35 bits per heavy atom. The zero-order valence-electron chi connectivity index (χ0n) is 13.2. The zero-order chi connectivity index (χ0) is 19.1. The number of para-hydroxylation sites is 2.